The minimum absolute atomic E-state index is 0.844. The number of pyridine rings is 1. The number of hydrogen-bond donors (Lipinski definition) is 0. The third-order valence-electron chi connectivity index (χ3n) is 3.24. The highest BCUT2D eigenvalue weighted by molar-refractivity contribution is 5.64. The summed E-state index contributed by atoms with van der Waals surface area (Å²) in [6.07, 6.45) is 4.01. The average molecular weight is 266 g/mol. The van der Waals surface area contributed by atoms with Crippen molar-refractivity contribution in [2.45, 2.75) is 0 Å². The summed E-state index contributed by atoms with van der Waals surface area (Å²) in [4.78, 5) is 0. The molecule has 0 aliphatic carbocycles. The molecular formula is C17H16NO2+. The number of nitrogens with zero attached hydrogens (tertiary/aromatic N) is 1. The molecule has 3 nitrogen and oxygen atoms in total. The van der Waals surface area contributed by atoms with Crippen molar-refractivity contribution in [1.29, 1.82) is 0 Å². The molecule has 0 aliphatic heterocycles. The first kappa shape index (κ1) is 12.5. The van der Waals surface area contributed by atoms with E-state index in [9.17, 15) is 0 Å². The van der Waals surface area contributed by atoms with Crippen molar-refractivity contribution >= 4 is 0 Å². The zero-order valence-corrected chi connectivity index (χ0v) is 11.5. The fourth-order valence-electron chi connectivity index (χ4n) is 2.07. The van der Waals surface area contributed by atoms with E-state index < -0.39 is 0 Å². The van der Waals surface area contributed by atoms with Gasteiger partial charge in [-0.2, -0.15) is 0 Å². The Balaban J connectivity index is 1.91. The number of benzene rings is 1. The Morgan fingerprint density at radius 3 is 1.90 bits per heavy atom. The van der Waals surface area contributed by atoms with Gasteiger partial charge in [0.25, 0.3) is 0 Å². The van der Waals surface area contributed by atoms with E-state index in [1.54, 1.807) is 7.11 Å². The van der Waals surface area contributed by atoms with E-state index in [4.69, 9.17) is 9.15 Å². The fourth-order valence-corrected chi connectivity index (χ4v) is 2.07. The second kappa shape index (κ2) is 5.21. The molecule has 0 radical (unpaired) electrons. The summed E-state index contributed by atoms with van der Waals surface area (Å²) in [6.45, 7) is 0. The number of hydrogen-bond acceptors (Lipinski definition) is 2. The van der Waals surface area contributed by atoms with Gasteiger partial charge in [0.2, 0.25) is 0 Å². The molecule has 3 rings (SSSR count). The number of methoxy groups -OCH3 is 1. The van der Waals surface area contributed by atoms with Crippen LogP contribution in [0.3, 0.4) is 0 Å². The molecule has 20 heavy (non-hydrogen) atoms. The maximum atomic E-state index is 5.92. The van der Waals surface area contributed by atoms with Crippen LogP contribution in [-0.2, 0) is 7.05 Å². The first-order valence-electron chi connectivity index (χ1n) is 6.46. The maximum absolute atomic E-state index is 5.92. The highest BCUT2D eigenvalue weighted by Gasteiger charge is 2.08. The van der Waals surface area contributed by atoms with Gasteiger partial charge in [-0.15, -0.1) is 0 Å². The first-order chi connectivity index (χ1) is 9.76. The van der Waals surface area contributed by atoms with Crippen LogP contribution >= 0.6 is 0 Å². The number of aromatic nitrogens is 1. The smallest absolute Gasteiger partial charge is 0.169 e. The van der Waals surface area contributed by atoms with Crippen molar-refractivity contribution in [2.24, 2.45) is 7.05 Å². The van der Waals surface area contributed by atoms with Gasteiger partial charge in [0.15, 0.2) is 12.4 Å². The maximum Gasteiger partial charge on any atom is 0.169 e. The standard InChI is InChI=1S/C17H16NO2/c1-18-11-9-14(10-12-18)17-8-7-16(20-17)13-3-5-15(19-2)6-4-13/h3-12H,1-2H3/q+1. The van der Waals surface area contributed by atoms with Gasteiger partial charge >= 0.3 is 0 Å². The molecule has 0 bridgehead atoms. The lowest BCUT2D eigenvalue weighted by Crippen LogP contribution is -2.25. The Hall–Kier alpha value is -2.55. The van der Waals surface area contributed by atoms with E-state index in [1.165, 1.54) is 0 Å². The van der Waals surface area contributed by atoms with Crippen molar-refractivity contribution in [3.05, 3.63) is 60.9 Å². The van der Waals surface area contributed by atoms with Gasteiger partial charge in [0, 0.05) is 23.3 Å². The number of rotatable bonds is 3. The van der Waals surface area contributed by atoms with E-state index >= 15 is 0 Å². The number of furan rings is 1. The Morgan fingerprint density at radius 2 is 1.35 bits per heavy atom. The molecule has 0 spiro atoms. The van der Waals surface area contributed by atoms with Crippen LogP contribution in [-0.4, -0.2) is 7.11 Å². The normalized spacial score (nSPS) is 10.5. The van der Waals surface area contributed by atoms with Crippen molar-refractivity contribution in [1.82, 2.24) is 0 Å². The Bertz CT molecular complexity index is 697. The summed E-state index contributed by atoms with van der Waals surface area (Å²) < 4.78 is 13.1. The zero-order chi connectivity index (χ0) is 13.9. The zero-order valence-electron chi connectivity index (χ0n) is 11.5. The lowest BCUT2D eigenvalue weighted by molar-refractivity contribution is -0.671. The molecule has 100 valence electrons. The highest BCUT2D eigenvalue weighted by Crippen LogP contribution is 2.28. The summed E-state index contributed by atoms with van der Waals surface area (Å²) in [6, 6.07) is 15.9. The predicted octanol–water partition coefficient (Wildman–Crippen LogP) is 3.45. The van der Waals surface area contributed by atoms with E-state index in [1.807, 2.05) is 72.5 Å². The van der Waals surface area contributed by atoms with Crippen molar-refractivity contribution < 1.29 is 13.7 Å². The Kier molecular flexibility index (Phi) is 3.25. The van der Waals surface area contributed by atoms with Crippen LogP contribution in [0.25, 0.3) is 22.6 Å². The average Bonchev–Trinajstić information content (AvgIpc) is 2.98. The van der Waals surface area contributed by atoms with Crippen LogP contribution < -0.4 is 9.30 Å². The summed E-state index contributed by atoms with van der Waals surface area (Å²) in [5.74, 6) is 2.57. The highest BCUT2D eigenvalue weighted by atomic mass is 16.5. The van der Waals surface area contributed by atoms with Gasteiger partial charge in [0.1, 0.15) is 24.3 Å². The molecule has 0 saturated carbocycles. The topological polar surface area (TPSA) is 26.2 Å². The molecule has 3 heteroatoms. The van der Waals surface area contributed by atoms with Crippen LogP contribution in [0.1, 0.15) is 0 Å². The molecule has 0 unspecified atom stereocenters. The van der Waals surface area contributed by atoms with Gasteiger partial charge in [-0.05, 0) is 36.4 Å². The second-order valence-electron chi connectivity index (χ2n) is 4.64. The number of aryl methyl sites for hydroxylation is 1. The van der Waals surface area contributed by atoms with Gasteiger partial charge in [-0.25, -0.2) is 4.57 Å². The van der Waals surface area contributed by atoms with Crippen LogP contribution in [0.5, 0.6) is 5.75 Å². The number of ether oxygens (including phenoxy) is 1. The Morgan fingerprint density at radius 1 is 0.800 bits per heavy atom. The summed E-state index contributed by atoms with van der Waals surface area (Å²) in [5, 5.41) is 0. The molecule has 3 aromatic rings. The van der Waals surface area contributed by atoms with Gasteiger partial charge < -0.3 is 9.15 Å². The van der Waals surface area contributed by atoms with Gasteiger partial charge in [-0.1, -0.05) is 0 Å². The molecular weight excluding hydrogens is 250 g/mol. The van der Waals surface area contributed by atoms with E-state index in [0.717, 1.165) is 28.4 Å². The molecule has 2 heterocycles. The molecule has 0 atom stereocenters. The second-order valence-corrected chi connectivity index (χ2v) is 4.64. The summed E-state index contributed by atoms with van der Waals surface area (Å²) in [5.41, 5.74) is 2.11. The first-order valence-corrected chi connectivity index (χ1v) is 6.46. The van der Waals surface area contributed by atoms with E-state index in [2.05, 4.69) is 0 Å². The van der Waals surface area contributed by atoms with Crippen LogP contribution in [0.2, 0.25) is 0 Å². The summed E-state index contributed by atoms with van der Waals surface area (Å²) in [7, 11) is 3.66. The lowest BCUT2D eigenvalue weighted by Gasteiger charge is -2.01. The van der Waals surface area contributed by atoms with Gasteiger partial charge in [0.05, 0.1) is 7.11 Å². The quantitative estimate of drug-likeness (QED) is 0.679. The molecule has 1 aromatic carbocycles. The van der Waals surface area contributed by atoms with Crippen molar-refractivity contribution in [2.75, 3.05) is 7.11 Å². The molecule has 2 aromatic heterocycles. The Labute approximate surface area is 118 Å². The van der Waals surface area contributed by atoms with Crippen LogP contribution in [0.4, 0.5) is 0 Å². The molecule has 0 saturated heterocycles. The lowest BCUT2D eigenvalue weighted by atomic mass is 10.1. The predicted molar refractivity (Wildman–Crippen MR) is 77.3 cm³/mol. The van der Waals surface area contributed by atoms with Crippen LogP contribution in [0, 0.1) is 0 Å². The SMILES string of the molecule is COc1ccc(-c2ccc(-c3cc[n+](C)cc3)o2)cc1. The molecule has 0 N–H and O–H groups in total. The molecule has 0 aliphatic rings. The van der Waals surface area contributed by atoms with Crippen molar-refractivity contribution in [3.63, 3.8) is 0 Å². The molecule has 0 amide bonds. The monoisotopic (exact) mass is 266 g/mol. The largest absolute Gasteiger partial charge is 0.497 e. The van der Waals surface area contributed by atoms with E-state index in [0.29, 0.717) is 0 Å². The van der Waals surface area contributed by atoms with Crippen molar-refractivity contribution in [3.8, 4) is 28.4 Å². The molecule has 0 fully saturated rings. The van der Waals surface area contributed by atoms with E-state index in [-0.39, 0.29) is 0 Å². The minimum Gasteiger partial charge on any atom is -0.497 e. The summed E-state index contributed by atoms with van der Waals surface area (Å²) >= 11 is 0. The minimum atomic E-state index is 0.844. The van der Waals surface area contributed by atoms with Crippen LogP contribution in [0.15, 0.2) is 65.3 Å². The van der Waals surface area contributed by atoms with Gasteiger partial charge in [-0.3, -0.25) is 0 Å². The third kappa shape index (κ3) is 2.43. The third-order valence-corrected chi connectivity index (χ3v) is 3.24. The fraction of sp³-hybridized carbons (Fsp3) is 0.118.